The van der Waals surface area contributed by atoms with Gasteiger partial charge < -0.3 is 9.53 Å². The second-order valence-corrected chi connectivity index (χ2v) is 25.0. The average Bonchev–Trinajstić information content (AvgIpc) is 2.86. The van der Waals surface area contributed by atoms with Crippen molar-refractivity contribution in [3.05, 3.63) is 10.7 Å². The fourth-order valence-corrected chi connectivity index (χ4v) is 10.4. The first kappa shape index (κ1) is 27.0. The van der Waals surface area contributed by atoms with E-state index in [1.54, 1.807) is 20.1 Å². The summed E-state index contributed by atoms with van der Waals surface area (Å²) in [5.74, 6) is 0. The lowest BCUT2D eigenvalue weighted by Gasteiger charge is -2.36. The predicted octanol–water partition coefficient (Wildman–Crippen LogP) is 6.35. The summed E-state index contributed by atoms with van der Waals surface area (Å²) < 4.78 is 25.8. The Hall–Kier alpha value is -0.0662. The average molecular weight is 479 g/mol. The molecule has 1 aromatic heterocycles. The number of thiazole rings is 1. The van der Waals surface area contributed by atoms with Crippen LogP contribution in [0.25, 0.3) is 0 Å². The van der Waals surface area contributed by atoms with Crippen LogP contribution in [0.4, 0.5) is 0 Å². The van der Waals surface area contributed by atoms with Gasteiger partial charge in [0.2, 0.25) is 0 Å². The molecule has 0 fully saturated rings. The van der Waals surface area contributed by atoms with E-state index in [0.29, 0.717) is 21.5 Å². The quantitative estimate of drug-likeness (QED) is 0.483. The van der Waals surface area contributed by atoms with E-state index in [1.165, 1.54) is 11.3 Å². The molecular weight excluding hydrogens is 437 g/mol. The van der Waals surface area contributed by atoms with Crippen molar-refractivity contribution in [3.63, 3.8) is 0 Å². The topological polar surface area (TPSA) is 71.8 Å². The largest absolute Gasteiger partial charge is 0.411 e. The van der Waals surface area contributed by atoms with Crippen molar-refractivity contribution in [2.75, 3.05) is 6.26 Å². The van der Waals surface area contributed by atoms with Gasteiger partial charge in [-0.05, 0) is 50.1 Å². The Kier molecular flexibility index (Phi) is 7.56. The summed E-state index contributed by atoms with van der Waals surface area (Å²) in [7, 11) is -6.79. The molecule has 1 rings (SSSR count). The maximum atomic E-state index is 13.8. The number of hydrogen-bond acceptors (Lipinski definition) is 6. The number of hydrogen-bond donors (Lipinski definition) is 1. The highest BCUT2D eigenvalue weighted by molar-refractivity contribution is 7.95. The van der Waals surface area contributed by atoms with E-state index in [-0.39, 0.29) is 10.1 Å². The molecule has 1 unspecified atom stereocenters. The third-order valence-electron chi connectivity index (χ3n) is 6.14. The van der Waals surface area contributed by atoms with E-state index in [2.05, 4.69) is 72.7 Å². The van der Waals surface area contributed by atoms with Crippen molar-refractivity contribution in [1.29, 1.82) is 0 Å². The Morgan fingerprint density at radius 3 is 1.90 bits per heavy atom. The SMILES string of the molecule is CC(C)(O)c1nc(CO[Si](C)(C)C(C)(C)C)c(S(C)(=O)=N[Si](C)(C)C(C)(C)C)s1. The summed E-state index contributed by atoms with van der Waals surface area (Å²) in [6, 6.07) is 0. The van der Waals surface area contributed by atoms with Gasteiger partial charge in [-0.1, -0.05) is 41.5 Å². The van der Waals surface area contributed by atoms with Crippen molar-refractivity contribution < 1.29 is 13.7 Å². The van der Waals surface area contributed by atoms with Crippen LogP contribution in [0.3, 0.4) is 0 Å². The molecule has 0 aliphatic carbocycles. The maximum Gasteiger partial charge on any atom is 0.193 e. The molecule has 9 heteroatoms. The third-order valence-corrected chi connectivity index (χ3v) is 20.8. The van der Waals surface area contributed by atoms with Gasteiger partial charge in [-0.2, -0.15) is 0 Å². The lowest BCUT2D eigenvalue weighted by atomic mass is 10.2. The Morgan fingerprint density at radius 1 is 1.03 bits per heavy atom. The fraction of sp³-hybridized carbons (Fsp3) is 0.850. The monoisotopic (exact) mass is 478 g/mol. The van der Waals surface area contributed by atoms with Crippen LogP contribution in [0, 0.1) is 0 Å². The van der Waals surface area contributed by atoms with Crippen LogP contribution in [-0.4, -0.2) is 37.1 Å². The molecule has 5 nitrogen and oxygen atoms in total. The summed E-state index contributed by atoms with van der Waals surface area (Å²) in [4.78, 5) is 4.67. The second-order valence-electron chi connectivity index (χ2n) is 11.6. The standard InChI is InChI=1S/C20H42N2O3S2Si2/c1-18(2,3)28(10,11)22-27(9,24)16-15(21-17(26-16)20(7,8)23)14-25-29(12,13)19(4,5)6/h23H,14H2,1-13H3. The molecule has 1 aromatic rings. The second kappa shape index (κ2) is 8.13. The van der Waals surface area contributed by atoms with Gasteiger partial charge >= 0.3 is 0 Å². The molecule has 0 spiro atoms. The van der Waals surface area contributed by atoms with Crippen molar-refractivity contribution in [1.82, 2.24) is 4.98 Å². The molecule has 0 bridgehead atoms. The summed E-state index contributed by atoms with van der Waals surface area (Å²) in [5.41, 5.74) is -0.437. The first-order valence-corrected chi connectivity index (χ1v) is 18.7. The van der Waals surface area contributed by atoms with Gasteiger partial charge in [0, 0.05) is 6.26 Å². The van der Waals surface area contributed by atoms with Crippen LogP contribution < -0.4 is 0 Å². The minimum Gasteiger partial charge on any atom is -0.411 e. The molecule has 0 radical (unpaired) electrons. The fourth-order valence-electron chi connectivity index (χ4n) is 2.07. The van der Waals surface area contributed by atoms with E-state index in [1.807, 2.05) is 0 Å². The lowest BCUT2D eigenvalue weighted by molar-refractivity contribution is 0.0779. The molecule has 1 atom stereocenters. The summed E-state index contributed by atoms with van der Waals surface area (Å²) in [6.07, 6.45) is 1.71. The van der Waals surface area contributed by atoms with Crippen molar-refractivity contribution in [2.45, 2.75) is 108 Å². The van der Waals surface area contributed by atoms with E-state index in [0.717, 1.165) is 0 Å². The van der Waals surface area contributed by atoms with Crippen molar-refractivity contribution in [2.24, 2.45) is 4.03 Å². The molecule has 0 saturated carbocycles. The minimum atomic E-state index is -2.66. The van der Waals surface area contributed by atoms with Crippen molar-refractivity contribution >= 4 is 37.6 Å². The molecule has 0 saturated heterocycles. The molecule has 29 heavy (non-hydrogen) atoms. The van der Waals surface area contributed by atoms with E-state index >= 15 is 0 Å². The molecule has 1 heterocycles. The van der Waals surface area contributed by atoms with Gasteiger partial charge in [0.15, 0.2) is 16.6 Å². The van der Waals surface area contributed by atoms with Gasteiger partial charge in [0.25, 0.3) is 0 Å². The number of aliphatic hydroxyl groups is 1. The van der Waals surface area contributed by atoms with Gasteiger partial charge in [-0.15, -0.1) is 11.3 Å². The van der Waals surface area contributed by atoms with Gasteiger partial charge in [-0.25, -0.2) is 9.19 Å². The van der Waals surface area contributed by atoms with Crippen LogP contribution in [-0.2, 0) is 26.4 Å². The summed E-state index contributed by atoms with van der Waals surface area (Å²) >= 11 is 1.31. The van der Waals surface area contributed by atoms with Gasteiger partial charge in [0.1, 0.15) is 14.8 Å². The number of nitrogens with zero attached hydrogens (tertiary/aromatic N) is 2. The molecule has 170 valence electrons. The zero-order valence-corrected chi connectivity index (χ0v) is 24.3. The van der Waals surface area contributed by atoms with Crippen LogP contribution in [0.1, 0.15) is 66.1 Å². The molecule has 0 aliphatic heterocycles. The van der Waals surface area contributed by atoms with Crippen LogP contribution in [0.15, 0.2) is 8.24 Å². The Bertz CT molecular complexity index is 849. The first-order valence-electron chi connectivity index (χ1n) is 10.1. The first-order chi connectivity index (χ1) is 12.5. The van der Waals surface area contributed by atoms with Crippen LogP contribution in [0.5, 0.6) is 0 Å². The smallest absolute Gasteiger partial charge is 0.193 e. The zero-order chi connectivity index (χ0) is 23.3. The van der Waals surface area contributed by atoms with E-state index in [9.17, 15) is 9.32 Å². The van der Waals surface area contributed by atoms with E-state index < -0.39 is 31.9 Å². The highest BCUT2D eigenvalue weighted by atomic mass is 32.2. The minimum absolute atomic E-state index is 0.00671. The molecular formula is C20H42N2O3S2Si2. The van der Waals surface area contributed by atoms with Crippen molar-refractivity contribution in [3.8, 4) is 0 Å². The highest BCUT2D eigenvalue weighted by Crippen LogP contribution is 2.41. The van der Waals surface area contributed by atoms with E-state index in [4.69, 9.17) is 8.45 Å². The number of aromatic nitrogens is 1. The molecule has 1 N–H and O–H groups in total. The van der Waals surface area contributed by atoms with Gasteiger partial charge in [0.05, 0.1) is 22.0 Å². The molecule has 0 aliphatic rings. The Morgan fingerprint density at radius 2 is 1.52 bits per heavy atom. The molecule has 0 amide bonds. The molecule has 0 aromatic carbocycles. The third kappa shape index (κ3) is 6.46. The highest BCUT2D eigenvalue weighted by Gasteiger charge is 2.40. The lowest BCUT2D eigenvalue weighted by Crippen LogP contribution is -2.40. The normalized spacial score (nSPS) is 16.6. The zero-order valence-electron chi connectivity index (χ0n) is 20.7. The summed E-state index contributed by atoms with van der Waals surface area (Å²) in [6.45, 7) is 25.5. The number of rotatable bonds is 6. The Labute approximate surface area is 185 Å². The Balaban J connectivity index is 3.54. The van der Waals surface area contributed by atoms with Crippen LogP contribution in [0.2, 0.25) is 36.3 Å². The van der Waals surface area contributed by atoms with Crippen LogP contribution >= 0.6 is 11.3 Å². The predicted molar refractivity (Wildman–Crippen MR) is 131 cm³/mol. The summed E-state index contributed by atoms with van der Waals surface area (Å²) in [5, 5.41) is 11.1. The van der Waals surface area contributed by atoms with Gasteiger partial charge in [-0.3, -0.25) is 4.03 Å². The maximum absolute atomic E-state index is 13.8.